The van der Waals surface area contributed by atoms with Crippen molar-refractivity contribution in [3.05, 3.63) is 54.1 Å². The van der Waals surface area contributed by atoms with Gasteiger partial charge in [0.2, 0.25) is 0 Å². The number of benzene rings is 2. The van der Waals surface area contributed by atoms with Crippen LogP contribution in [0.25, 0.3) is 0 Å². The van der Waals surface area contributed by atoms with Gasteiger partial charge in [-0.1, -0.05) is 37.6 Å². The Labute approximate surface area is 165 Å². The summed E-state index contributed by atoms with van der Waals surface area (Å²) in [5.74, 6) is 0.670. The van der Waals surface area contributed by atoms with Gasteiger partial charge >= 0.3 is 12.0 Å². The highest BCUT2D eigenvalue weighted by Gasteiger charge is 2.14. The third kappa shape index (κ3) is 6.50. The van der Waals surface area contributed by atoms with Crippen LogP contribution in [0.2, 0.25) is 0 Å². The number of urea groups is 1. The van der Waals surface area contributed by atoms with Gasteiger partial charge in [0.05, 0.1) is 24.5 Å². The number of anilines is 1. The minimum atomic E-state index is -0.498. The van der Waals surface area contributed by atoms with Gasteiger partial charge in [0, 0.05) is 0 Å². The van der Waals surface area contributed by atoms with Gasteiger partial charge in [0.25, 0.3) is 0 Å². The summed E-state index contributed by atoms with van der Waals surface area (Å²) in [5, 5.41) is 5.23. The summed E-state index contributed by atoms with van der Waals surface area (Å²) in [5.41, 5.74) is 0.674. The first-order valence-electron chi connectivity index (χ1n) is 9.31. The molecule has 0 aliphatic carbocycles. The second-order valence-electron chi connectivity index (χ2n) is 5.83. The lowest BCUT2D eigenvalue weighted by Gasteiger charge is -2.14. The summed E-state index contributed by atoms with van der Waals surface area (Å²) in [4.78, 5) is 24.4. The van der Waals surface area contributed by atoms with Gasteiger partial charge in [-0.3, -0.25) is 0 Å². The van der Waals surface area contributed by atoms with E-state index in [0.29, 0.717) is 36.0 Å². The maximum Gasteiger partial charge on any atom is 0.340 e. The number of carbonyl (C=O) groups excluding carboxylic acids is 2. The minimum Gasteiger partial charge on any atom is -0.490 e. The molecule has 0 aliphatic heterocycles. The zero-order valence-corrected chi connectivity index (χ0v) is 16.2. The van der Waals surface area contributed by atoms with Crippen molar-refractivity contribution in [1.82, 2.24) is 5.32 Å². The van der Waals surface area contributed by atoms with E-state index in [0.717, 1.165) is 12.8 Å². The molecule has 7 nitrogen and oxygen atoms in total. The van der Waals surface area contributed by atoms with Crippen LogP contribution < -0.4 is 20.1 Å². The molecule has 0 heterocycles. The largest absolute Gasteiger partial charge is 0.490 e. The number of nitrogens with one attached hydrogen (secondary N) is 2. The molecular weight excluding hydrogens is 360 g/mol. The summed E-state index contributed by atoms with van der Waals surface area (Å²) < 4.78 is 16.2. The summed E-state index contributed by atoms with van der Waals surface area (Å²) in [6, 6.07) is 13.4. The smallest absolute Gasteiger partial charge is 0.340 e. The minimum absolute atomic E-state index is 0.0565. The molecule has 0 saturated carbocycles. The zero-order chi connectivity index (χ0) is 20.2. The van der Waals surface area contributed by atoms with E-state index in [-0.39, 0.29) is 6.73 Å². The summed E-state index contributed by atoms with van der Waals surface area (Å²) in [6.45, 7) is 4.71. The molecule has 0 unspecified atom stereocenters. The Morgan fingerprint density at radius 3 is 2.32 bits per heavy atom. The van der Waals surface area contributed by atoms with E-state index in [9.17, 15) is 9.59 Å². The Morgan fingerprint density at radius 1 is 0.929 bits per heavy atom. The quantitative estimate of drug-likeness (QED) is 0.363. The molecule has 0 saturated heterocycles. The molecule has 2 N–H and O–H groups in total. The fourth-order valence-electron chi connectivity index (χ4n) is 2.35. The molecule has 28 heavy (non-hydrogen) atoms. The van der Waals surface area contributed by atoms with Crippen LogP contribution in [0.1, 0.15) is 37.0 Å². The van der Waals surface area contributed by atoms with Crippen LogP contribution in [-0.2, 0) is 4.74 Å². The van der Waals surface area contributed by atoms with Crippen molar-refractivity contribution in [2.24, 2.45) is 0 Å². The number of amides is 2. The Morgan fingerprint density at radius 2 is 1.61 bits per heavy atom. The van der Waals surface area contributed by atoms with Crippen LogP contribution in [0, 0.1) is 0 Å². The van der Waals surface area contributed by atoms with E-state index in [1.807, 2.05) is 26.0 Å². The molecule has 0 aromatic heterocycles. The lowest BCUT2D eigenvalue weighted by molar-refractivity contribution is 0.0501. The second kappa shape index (κ2) is 11.5. The predicted octanol–water partition coefficient (Wildman–Crippen LogP) is 4.20. The van der Waals surface area contributed by atoms with Crippen LogP contribution in [0.3, 0.4) is 0 Å². The predicted molar refractivity (Wildman–Crippen MR) is 107 cm³/mol. The van der Waals surface area contributed by atoms with Gasteiger partial charge in [-0.25, -0.2) is 9.59 Å². The highest BCUT2D eigenvalue weighted by molar-refractivity contribution is 6.00. The third-order valence-electron chi connectivity index (χ3n) is 3.74. The molecule has 2 aromatic rings. The van der Waals surface area contributed by atoms with Crippen molar-refractivity contribution in [3.8, 4) is 11.5 Å². The van der Waals surface area contributed by atoms with Crippen LogP contribution >= 0.6 is 0 Å². The molecule has 7 heteroatoms. The van der Waals surface area contributed by atoms with E-state index in [1.165, 1.54) is 0 Å². The van der Waals surface area contributed by atoms with Crippen molar-refractivity contribution >= 4 is 17.7 Å². The van der Waals surface area contributed by atoms with Crippen molar-refractivity contribution in [2.75, 3.05) is 25.3 Å². The summed E-state index contributed by atoms with van der Waals surface area (Å²) in [7, 11) is 0. The fraction of sp³-hybridized carbons (Fsp3) is 0.333. The lowest BCUT2D eigenvalue weighted by Crippen LogP contribution is -2.32. The first-order chi connectivity index (χ1) is 13.7. The highest BCUT2D eigenvalue weighted by atomic mass is 16.5. The van der Waals surface area contributed by atoms with Crippen LogP contribution in [0.4, 0.5) is 10.5 Å². The Hall–Kier alpha value is -3.22. The van der Waals surface area contributed by atoms with Gasteiger partial charge in [-0.05, 0) is 37.6 Å². The standard InChI is InChI=1S/C21H26N2O5/c1-3-5-14-27-20(24)16-10-6-7-11-17(16)23-21(25)22-15-28-19-13-9-8-12-18(19)26-4-2/h6-13H,3-5,14-15H2,1-2H3,(H2,22,23,25). The molecular formula is C21H26N2O5. The molecule has 0 aliphatic rings. The zero-order valence-electron chi connectivity index (χ0n) is 16.2. The number of unbranched alkanes of at least 4 members (excludes halogenated alkanes) is 1. The molecule has 0 atom stereocenters. The average molecular weight is 386 g/mol. The van der Waals surface area contributed by atoms with Gasteiger partial charge in [-0.15, -0.1) is 0 Å². The average Bonchev–Trinajstić information content (AvgIpc) is 2.70. The highest BCUT2D eigenvalue weighted by Crippen LogP contribution is 2.26. The third-order valence-corrected chi connectivity index (χ3v) is 3.74. The number of carbonyl (C=O) groups is 2. The van der Waals surface area contributed by atoms with Gasteiger partial charge in [-0.2, -0.15) is 0 Å². The number of para-hydroxylation sites is 3. The van der Waals surface area contributed by atoms with Gasteiger partial charge in [0.15, 0.2) is 18.2 Å². The fourth-order valence-corrected chi connectivity index (χ4v) is 2.35. The number of hydrogen-bond donors (Lipinski definition) is 2. The molecule has 2 amide bonds. The first kappa shape index (κ1) is 21.1. The number of ether oxygens (including phenoxy) is 3. The van der Waals surface area contributed by atoms with E-state index in [2.05, 4.69) is 10.6 Å². The second-order valence-corrected chi connectivity index (χ2v) is 5.83. The molecule has 0 radical (unpaired) electrons. The van der Waals surface area contributed by atoms with E-state index in [4.69, 9.17) is 14.2 Å². The lowest BCUT2D eigenvalue weighted by atomic mass is 10.2. The van der Waals surface area contributed by atoms with Crippen LogP contribution in [0.15, 0.2) is 48.5 Å². The van der Waals surface area contributed by atoms with Gasteiger partial charge in [0.1, 0.15) is 0 Å². The molecule has 150 valence electrons. The topological polar surface area (TPSA) is 85.9 Å². The van der Waals surface area contributed by atoms with Crippen molar-refractivity contribution < 1.29 is 23.8 Å². The van der Waals surface area contributed by atoms with Crippen LogP contribution in [0.5, 0.6) is 11.5 Å². The Bertz CT molecular complexity index is 779. The monoisotopic (exact) mass is 386 g/mol. The maximum atomic E-state index is 12.2. The van der Waals surface area contributed by atoms with Crippen molar-refractivity contribution in [3.63, 3.8) is 0 Å². The van der Waals surface area contributed by atoms with Crippen molar-refractivity contribution in [2.45, 2.75) is 26.7 Å². The number of hydrogen-bond acceptors (Lipinski definition) is 5. The Balaban J connectivity index is 1.89. The van der Waals surface area contributed by atoms with Crippen LogP contribution in [-0.4, -0.2) is 31.9 Å². The molecule has 2 rings (SSSR count). The SMILES string of the molecule is CCCCOC(=O)c1ccccc1NC(=O)NCOc1ccccc1OCC. The molecule has 0 spiro atoms. The van der Waals surface area contributed by atoms with E-state index >= 15 is 0 Å². The maximum absolute atomic E-state index is 12.2. The van der Waals surface area contributed by atoms with E-state index in [1.54, 1.807) is 36.4 Å². The Kier molecular flexibility index (Phi) is 8.65. The van der Waals surface area contributed by atoms with Crippen molar-refractivity contribution in [1.29, 1.82) is 0 Å². The first-order valence-corrected chi connectivity index (χ1v) is 9.31. The number of esters is 1. The van der Waals surface area contributed by atoms with Gasteiger partial charge < -0.3 is 24.8 Å². The normalized spacial score (nSPS) is 10.1. The van der Waals surface area contributed by atoms with E-state index < -0.39 is 12.0 Å². The molecule has 0 fully saturated rings. The molecule has 2 aromatic carbocycles. The summed E-state index contributed by atoms with van der Waals surface area (Å²) in [6.07, 6.45) is 1.73. The summed E-state index contributed by atoms with van der Waals surface area (Å²) >= 11 is 0. The number of rotatable bonds is 10. The molecule has 0 bridgehead atoms.